The lowest BCUT2D eigenvalue weighted by Gasteiger charge is -2.28. The summed E-state index contributed by atoms with van der Waals surface area (Å²) >= 11 is 0. The van der Waals surface area contributed by atoms with Crippen molar-refractivity contribution in [1.29, 1.82) is 0 Å². The highest BCUT2D eigenvalue weighted by Crippen LogP contribution is 2.19. The van der Waals surface area contributed by atoms with Gasteiger partial charge < -0.3 is 9.80 Å². The van der Waals surface area contributed by atoms with E-state index in [0.29, 0.717) is 17.6 Å². The van der Waals surface area contributed by atoms with E-state index in [2.05, 4.69) is 46.5 Å². The zero-order chi connectivity index (χ0) is 18.6. The minimum absolute atomic E-state index is 0.0830. The molecule has 0 aliphatic carbocycles. The van der Waals surface area contributed by atoms with Gasteiger partial charge in [0.25, 0.3) is 5.56 Å². The third kappa shape index (κ3) is 4.01. The first-order valence-electron chi connectivity index (χ1n) is 9.68. The molecule has 0 amide bonds. The van der Waals surface area contributed by atoms with E-state index < -0.39 is 0 Å². The minimum Gasteiger partial charge on any atom is -0.372 e. The van der Waals surface area contributed by atoms with Gasteiger partial charge in [-0.25, -0.2) is 0 Å². The summed E-state index contributed by atoms with van der Waals surface area (Å²) < 4.78 is 1.46. The summed E-state index contributed by atoms with van der Waals surface area (Å²) in [6.07, 6.45) is 3.92. The van der Waals surface area contributed by atoms with Crippen molar-refractivity contribution in [2.45, 2.75) is 32.5 Å². The summed E-state index contributed by atoms with van der Waals surface area (Å²) in [6.45, 7) is 3.65. The van der Waals surface area contributed by atoms with Crippen LogP contribution in [0.5, 0.6) is 0 Å². The maximum Gasteiger partial charge on any atom is 0.282 e. The van der Waals surface area contributed by atoms with Crippen molar-refractivity contribution in [2.24, 2.45) is 0 Å². The summed E-state index contributed by atoms with van der Waals surface area (Å²) in [5.41, 5.74) is 3.13. The molecule has 0 radical (unpaired) electrons. The molecule has 3 aromatic rings. The number of anilines is 1. The van der Waals surface area contributed by atoms with Gasteiger partial charge >= 0.3 is 0 Å². The second-order valence-corrected chi connectivity index (χ2v) is 7.42. The van der Waals surface area contributed by atoms with Crippen molar-refractivity contribution in [1.82, 2.24) is 15.0 Å². The Morgan fingerprint density at radius 1 is 1.00 bits per heavy atom. The molecule has 1 unspecified atom stereocenters. The Bertz CT molecular complexity index is 960. The SMILES string of the molecule is C[NH+](Cc1ccc(N2CCCCC2)cc1)Cn1nnc2ccccc2c1=O. The average molecular weight is 364 g/mol. The lowest BCUT2D eigenvalue weighted by Crippen LogP contribution is -3.07. The van der Waals surface area contributed by atoms with Crippen LogP contribution in [0.4, 0.5) is 5.69 Å². The van der Waals surface area contributed by atoms with Gasteiger partial charge in [0.05, 0.1) is 12.4 Å². The number of hydrogen-bond donors (Lipinski definition) is 1. The third-order valence-electron chi connectivity index (χ3n) is 5.21. The molecule has 0 spiro atoms. The molecular formula is C21H26N5O+. The monoisotopic (exact) mass is 364 g/mol. The Morgan fingerprint density at radius 3 is 2.52 bits per heavy atom. The molecule has 1 aliphatic heterocycles. The molecule has 2 heterocycles. The molecule has 4 rings (SSSR count). The molecule has 1 N–H and O–H groups in total. The van der Waals surface area contributed by atoms with Crippen molar-refractivity contribution in [2.75, 3.05) is 25.0 Å². The van der Waals surface area contributed by atoms with Crippen LogP contribution in [0.3, 0.4) is 0 Å². The van der Waals surface area contributed by atoms with Gasteiger partial charge in [-0.2, -0.15) is 4.68 Å². The second kappa shape index (κ2) is 7.88. The van der Waals surface area contributed by atoms with Crippen LogP contribution in [0.1, 0.15) is 24.8 Å². The van der Waals surface area contributed by atoms with Gasteiger partial charge in [0.15, 0.2) is 6.67 Å². The number of benzene rings is 2. The highest BCUT2D eigenvalue weighted by atomic mass is 16.1. The standard InChI is InChI=1S/C21H25N5O/c1-24(16-26-21(27)19-7-3-4-8-20(19)22-23-26)15-17-9-11-18(12-10-17)25-13-5-2-6-14-25/h3-4,7-12H,2,5-6,13-16H2,1H3/p+1. The predicted octanol–water partition coefficient (Wildman–Crippen LogP) is 1.45. The van der Waals surface area contributed by atoms with Crippen LogP contribution < -0.4 is 15.4 Å². The molecule has 2 aromatic carbocycles. The summed E-state index contributed by atoms with van der Waals surface area (Å²) in [6, 6.07) is 16.2. The fourth-order valence-electron chi connectivity index (χ4n) is 3.76. The van der Waals surface area contributed by atoms with E-state index in [0.717, 1.165) is 19.6 Å². The lowest BCUT2D eigenvalue weighted by atomic mass is 10.1. The number of hydrogen-bond acceptors (Lipinski definition) is 4. The summed E-state index contributed by atoms with van der Waals surface area (Å²) in [5.74, 6) is 0. The topological polar surface area (TPSA) is 55.5 Å². The Balaban J connectivity index is 1.42. The first-order valence-corrected chi connectivity index (χ1v) is 9.68. The predicted molar refractivity (Wildman–Crippen MR) is 107 cm³/mol. The highest BCUT2D eigenvalue weighted by molar-refractivity contribution is 5.76. The summed E-state index contributed by atoms with van der Waals surface area (Å²) in [5, 5.41) is 8.87. The van der Waals surface area contributed by atoms with Gasteiger partial charge in [0.2, 0.25) is 0 Å². The van der Waals surface area contributed by atoms with Gasteiger partial charge in [-0.15, -0.1) is 5.10 Å². The van der Waals surface area contributed by atoms with Gasteiger partial charge in [0, 0.05) is 24.3 Å². The average Bonchev–Trinajstić information content (AvgIpc) is 2.71. The van der Waals surface area contributed by atoms with Crippen molar-refractivity contribution in [3.05, 3.63) is 64.4 Å². The van der Waals surface area contributed by atoms with Gasteiger partial charge in [-0.05, 0) is 43.5 Å². The maximum absolute atomic E-state index is 12.6. The molecule has 140 valence electrons. The number of piperidine rings is 1. The second-order valence-electron chi connectivity index (χ2n) is 7.42. The zero-order valence-electron chi connectivity index (χ0n) is 15.8. The molecule has 1 aliphatic rings. The maximum atomic E-state index is 12.6. The van der Waals surface area contributed by atoms with Crippen LogP contribution in [-0.4, -0.2) is 35.1 Å². The summed E-state index contributed by atoms with van der Waals surface area (Å²) in [7, 11) is 2.07. The number of aromatic nitrogens is 3. The molecule has 1 aromatic heterocycles. The van der Waals surface area contributed by atoms with Gasteiger partial charge in [-0.1, -0.05) is 29.5 Å². The molecule has 1 fully saturated rings. The molecule has 0 bridgehead atoms. The third-order valence-corrected chi connectivity index (χ3v) is 5.21. The fourth-order valence-corrected chi connectivity index (χ4v) is 3.76. The number of nitrogens with one attached hydrogen (secondary N) is 1. The molecule has 27 heavy (non-hydrogen) atoms. The fraction of sp³-hybridized carbons (Fsp3) is 0.381. The van der Waals surface area contributed by atoms with E-state index in [1.165, 1.54) is 40.1 Å². The highest BCUT2D eigenvalue weighted by Gasteiger charge is 2.13. The van der Waals surface area contributed by atoms with Crippen molar-refractivity contribution >= 4 is 16.6 Å². The Hall–Kier alpha value is -2.73. The van der Waals surface area contributed by atoms with E-state index in [1.54, 1.807) is 6.07 Å². The van der Waals surface area contributed by atoms with Crippen LogP contribution in [0, 0.1) is 0 Å². The van der Waals surface area contributed by atoms with Crippen LogP contribution in [0.15, 0.2) is 53.3 Å². The summed E-state index contributed by atoms with van der Waals surface area (Å²) in [4.78, 5) is 16.2. The molecule has 6 nitrogen and oxygen atoms in total. The first kappa shape index (κ1) is 17.7. The van der Waals surface area contributed by atoms with E-state index in [9.17, 15) is 4.79 Å². The molecule has 1 atom stereocenters. The van der Waals surface area contributed by atoms with E-state index in [-0.39, 0.29) is 5.56 Å². The van der Waals surface area contributed by atoms with Crippen LogP contribution >= 0.6 is 0 Å². The van der Waals surface area contributed by atoms with Crippen molar-refractivity contribution in [3.63, 3.8) is 0 Å². The van der Waals surface area contributed by atoms with Crippen LogP contribution in [-0.2, 0) is 13.2 Å². The number of fused-ring (bicyclic) bond motifs is 1. The number of quaternary nitrogens is 1. The van der Waals surface area contributed by atoms with Crippen molar-refractivity contribution in [3.8, 4) is 0 Å². The lowest BCUT2D eigenvalue weighted by molar-refractivity contribution is -0.917. The van der Waals surface area contributed by atoms with E-state index in [4.69, 9.17) is 0 Å². The Morgan fingerprint density at radius 2 is 1.74 bits per heavy atom. The minimum atomic E-state index is -0.0830. The number of rotatable bonds is 5. The van der Waals surface area contributed by atoms with E-state index in [1.807, 2.05) is 18.2 Å². The zero-order valence-corrected chi connectivity index (χ0v) is 15.8. The first-order chi connectivity index (χ1) is 13.2. The molecular weight excluding hydrogens is 338 g/mol. The number of nitrogens with zero attached hydrogens (tertiary/aromatic N) is 4. The van der Waals surface area contributed by atoms with Gasteiger partial charge in [-0.3, -0.25) is 4.79 Å². The molecule has 0 saturated carbocycles. The quantitative estimate of drug-likeness (QED) is 0.745. The molecule has 1 saturated heterocycles. The molecule has 6 heteroatoms. The smallest absolute Gasteiger partial charge is 0.282 e. The normalized spacial score (nSPS) is 15.8. The van der Waals surface area contributed by atoms with Crippen molar-refractivity contribution < 1.29 is 4.90 Å². The largest absolute Gasteiger partial charge is 0.372 e. The van der Waals surface area contributed by atoms with Crippen LogP contribution in [0.2, 0.25) is 0 Å². The van der Waals surface area contributed by atoms with E-state index >= 15 is 0 Å². The van der Waals surface area contributed by atoms with Crippen LogP contribution in [0.25, 0.3) is 10.9 Å². The van der Waals surface area contributed by atoms with Gasteiger partial charge in [0.1, 0.15) is 12.1 Å². The Labute approximate surface area is 159 Å². The Kier molecular flexibility index (Phi) is 5.16.